The van der Waals surface area contributed by atoms with Crippen LogP contribution >= 0.6 is 0 Å². The van der Waals surface area contributed by atoms with E-state index in [0.29, 0.717) is 5.92 Å². The molecule has 3 rings (SSSR count). The van der Waals surface area contributed by atoms with Crippen molar-refractivity contribution < 1.29 is 9.90 Å². The van der Waals surface area contributed by atoms with Crippen LogP contribution in [0, 0.1) is 5.92 Å². The van der Waals surface area contributed by atoms with E-state index in [0.717, 1.165) is 42.7 Å². The summed E-state index contributed by atoms with van der Waals surface area (Å²) < 4.78 is 1.68. The minimum atomic E-state index is -0.932. The Bertz CT molecular complexity index is 664. The highest BCUT2D eigenvalue weighted by Crippen LogP contribution is 2.33. The molecule has 1 unspecified atom stereocenters. The summed E-state index contributed by atoms with van der Waals surface area (Å²) in [7, 11) is 1.82. The quantitative estimate of drug-likeness (QED) is 0.925. The summed E-state index contributed by atoms with van der Waals surface area (Å²) in [5.41, 5.74) is 1.76. The Morgan fingerprint density at radius 1 is 1.50 bits per heavy atom. The predicted molar refractivity (Wildman–Crippen MR) is 76.1 cm³/mol. The molecule has 1 aliphatic rings. The van der Waals surface area contributed by atoms with Gasteiger partial charge < -0.3 is 10.0 Å². The molecule has 3 heterocycles. The maximum atomic E-state index is 11.5. The minimum absolute atomic E-state index is 0.266. The Hall–Kier alpha value is -2.11. The number of nitrogens with zero attached hydrogens (tertiary/aromatic N) is 4. The summed E-state index contributed by atoms with van der Waals surface area (Å²) in [5, 5.41) is 14.4. The van der Waals surface area contributed by atoms with Crippen LogP contribution in [0.3, 0.4) is 0 Å². The van der Waals surface area contributed by atoms with Crippen molar-refractivity contribution in [1.82, 2.24) is 14.8 Å². The number of aryl methyl sites for hydroxylation is 1. The fourth-order valence-electron chi connectivity index (χ4n) is 2.95. The molecule has 0 radical (unpaired) electrons. The van der Waals surface area contributed by atoms with Crippen LogP contribution in [0.2, 0.25) is 0 Å². The van der Waals surface area contributed by atoms with E-state index < -0.39 is 5.97 Å². The Kier molecular flexibility index (Phi) is 3.08. The van der Waals surface area contributed by atoms with Crippen LogP contribution in [-0.4, -0.2) is 38.9 Å². The number of hydrogen-bond donors (Lipinski definition) is 1. The van der Waals surface area contributed by atoms with Gasteiger partial charge in [0.15, 0.2) is 5.65 Å². The second-order valence-electron chi connectivity index (χ2n) is 5.34. The molecule has 2 aromatic heterocycles. The van der Waals surface area contributed by atoms with E-state index in [9.17, 15) is 9.90 Å². The summed E-state index contributed by atoms with van der Waals surface area (Å²) in [4.78, 5) is 17.9. The first-order chi connectivity index (χ1) is 9.61. The van der Waals surface area contributed by atoms with E-state index in [-0.39, 0.29) is 5.56 Å². The van der Waals surface area contributed by atoms with Gasteiger partial charge in [0.2, 0.25) is 0 Å². The molecule has 1 N–H and O–H groups in total. The lowest BCUT2D eigenvalue weighted by Crippen LogP contribution is -2.22. The summed E-state index contributed by atoms with van der Waals surface area (Å²) in [6.45, 7) is 3.98. The van der Waals surface area contributed by atoms with Crippen LogP contribution < -0.4 is 4.90 Å². The van der Waals surface area contributed by atoms with E-state index in [2.05, 4.69) is 21.9 Å². The molecule has 0 spiro atoms. The third-order valence-corrected chi connectivity index (χ3v) is 4.14. The van der Waals surface area contributed by atoms with Crippen molar-refractivity contribution in [3.8, 4) is 0 Å². The van der Waals surface area contributed by atoms with Gasteiger partial charge in [-0.15, -0.1) is 0 Å². The Morgan fingerprint density at radius 3 is 2.95 bits per heavy atom. The molecule has 0 saturated carbocycles. The molecule has 6 heteroatoms. The topological polar surface area (TPSA) is 71.2 Å². The smallest absolute Gasteiger partial charge is 0.339 e. The van der Waals surface area contributed by atoms with Crippen LogP contribution in [-0.2, 0) is 7.05 Å². The highest BCUT2D eigenvalue weighted by molar-refractivity contribution is 6.03. The van der Waals surface area contributed by atoms with Gasteiger partial charge in [-0.2, -0.15) is 5.10 Å². The van der Waals surface area contributed by atoms with Gasteiger partial charge >= 0.3 is 5.97 Å². The molecule has 6 nitrogen and oxygen atoms in total. The molecule has 1 saturated heterocycles. The van der Waals surface area contributed by atoms with Gasteiger partial charge in [0.05, 0.1) is 17.3 Å². The second kappa shape index (κ2) is 4.77. The SMILES string of the molecule is CCC1CCN(c2c(C(=O)O)cnc3c2cnn3C)C1. The highest BCUT2D eigenvalue weighted by Gasteiger charge is 2.27. The average molecular weight is 274 g/mol. The lowest BCUT2D eigenvalue weighted by Gasteiger charge is -2.21. The van der Waals surface area contributed by atoms with Crippen LogP contribution in [0.5, 0.6) is 0 Å². The Balaban J connectivity index is 2.15. The first-order valence-corrected chi connectivity index (χ1v) is 6.90. The minimum Gasteiger partial charge on any atom is -0.478 e. The molecule has 0 aliphatic carbocycles. The van der Waals surface area contributed by atoms with E-state index >= 15 is 0 Å². The summed E-state index contributed by atoms with van der Waals surface area (Å²) in [5.74, 6) is -0.297. The maximum absolute atomic E-state index is 11.5. The van der Waals surface area contributed by atoms with Gasteiger partial charge in [0, 0.05) is 26.3 Å². The molecule has 0 bridgehead atoms. The number of anilines is 1. The van der Waals surface area contributed by atoms with Crippen LogP contribution in [0.15, 0.2) is 12.4 Å². The third kappa shape index (κ3) is 1.92. The number of rotatable bonds is 3. The van der Waals surface area contributed by atoms with Crippen molar-refractivity contribution in [1.29, 1.82) is 0 Å². The van der Waals surface area contributed by atoms with Gasteiger partial charge in [0.1, 0.15) is 5.56 Å². The molecule has 1 aliphatic heterocycles. The number of carbonyl (C=O) groups is 1. The lowest BCUT2D eigenvalue weighted by atomic mass is 10.1. The zero-order chi connectivity index (χ0) is 14.3. The van der Waals surface area contributed by atoms with Crippen molar-refractivity contribution in [2.24, 2.45) is 13.0 Å². The normalized spacial score (nSPS) is 18.9. The molecule has 2 aromatic rings. The van der Waals surface area contributed by atoms with E-state index in [1.54, 1.807) is 10.9 Å². The first-order valence-electron chi connectivity index (χ1n) is 6.90. The predicted octanol–water partition coefficient (Wildman–Crippen LogP) is 1.90. The second-order valence-corrected chi connectivity index (χ2v) is 5.34. The average Bonchev–Trinajstić information content (AvgIpc) is 3.05. The Morgan fingerprint density at radius 2 is 2.30 bits per heavy atom. The van der Waals surface area contributed by atoms with Crippen LogP contribution in [0.4, 0.5) is 5.69 Å². The standard InChI is InChI=1S/C14H18N4O2/c1-3-9-4-5-18(8-9)12-10-7-16-17(2)13(10)15-6-11(12)14(19)20/h6-7,9H,3-5,8H2,1-2H3,(H,19,20). The fourth-order valence-corrected chi connectivity index (χ4v) is 2.95. The largest absolute Gasteiger partial charge is 0.478 e. The molecular weight excluding hydrogens is 256 g/mol. The van der Waals surface area contributed by atoms with Crippen molar-refractivity contribution in [3.05, 3.63) is 18.0 Å². The summed E-state index contributed by atoms with van der Waals surface area (Å²) >= 11 is 0. The zero-order valence-electron chi connectivity index (χ0n) is 11.7. The molecule has 1 atom stereocenters. The molecule has 1 fully saturated rings. The monoisotopic (exact) mass is 274 g/mol. The van der Waals surface area contributed by atoms with Crippen molar-refractivity contribution >= 4 is 22.7 Å². The zero-order valence-corrected chi connectivity index (χ0v) is 11.7. The maximum Gasteiger partial charge on any atom is 0.339 e. The molecule has 106 valence electrons. The van der Waals surface area contributed by atoms with Gasteiger partial charge in [-0.1, -0.05) is 13.3 Å². The van der Waals surface area contributed by atoms with Crippen molar-refractivity contribution in [3.63, 3.8) is 0 Å². The number of hydrogen-bond acceptors (Lipinski definition) is 4. The van der Waals surface area contributed by atoms with Gasteiger partial charge in [0.25, 0.3) is 0 Å². The van der Waals surface area contributed by atoms with Gasteiger partial charge in [-0.25, -0.2) is 9.78 Å². The number of carboxylic acid groups (broad SMARTS) is 1. The van der Waals surface area contributed by atoms with Crippen molar-refractivity contribution in [2.75, 3.05) is 18.0 Å². The lowest BCUT2D eigenvalue weighted by molar-refractivity contribution is 0.0697. The molecule has 0 amide bonds. The van der Waals surface area contributed by atoms with Crippen LogP contribution in [0.1, 0.15) is 30.1 Å². The van der Waals surface area contributed by atoms with Crippen molar-refractivity contribution in [2.45, 2.75) is 19.8 Å². The first kappa shape index (κ1) is 12.9. The number of carboxylic acids is 1. The summed E-state index contributed by atoms with van der Waals surface area (Å²) in [6.07, 6.45) is 5.39. The van der Waals surface area contributed by atoms with E-state index in [1.165, 1.54) is 6.20 Å². The number of aromatic nitrogens is 3. The Labute approximate surface area is 117 Å². The van der Waals surface area contributed by atoms with E-state index in [4.69, 9.17) is 0 Å². The van der Waals surface area contributed by atoms with Crippen LogP contribution in [0.25, 0.3) is 11.0 Å². The summed E-state index contributed by atoms with van der Waals surface area (Å²) in [6, 6.07) is 0. The van der Waals surface area contributed by atoms with Gasteiger partial charge in [-0.3, -0.25) is 4.68 Å². The molecule has 0 aromatic carbocycles. The van der Waals surface area contributed by atoms with Gasteiger partial charge in [-0.05, 0) is 12.3 Å². The van der Waals surface area contributed by atoms with E-state index in [1.807, 2.05) is 7.05 Å². The third-order valence-electron chi connectivity index (χ3n) is 4.14. The molecular formula is C14H18N4O2. The number of fused-ring (bicyclic) bond motifs is 1. The molecule has 20 heavy (non-hydrogen) atoms. The number of aromatic carboxylic acids is 1. The fraction of sp³-hybridized carbons (Fsp3) is 0.500. The highest BCUT2D eigenvalue weighted by atomic mass is 16.4. The number of pyridine rings is 1.